The Hall–Kier alpha value is -0.850. The van der Waals surface area contributed by atoms with E-state index in [0.717, 1.165) is 32.0 Å². The number of halogens is 2. The quantitative estimate of drug-likeness (QED) is 0.437. The Morgan fingerprint density at radius 3 is 2.57 bits per heavy atom. The van der Waals surface area contributed by atoms with Crippen molar-refractivity contribution < 1.29 is 4.39 Å². The summed E-state index contributed by atoms with van der Waals surface area (Å²) in [6, 6.07) is 6.88. The van der Waals surface area contributed by atoms with Gasteiger partial charge in [0.05, 0.1) is 0 Å². The molecule has 1 atom stereocenters. The summed E-state index contributed by atoms with van der Waals surface area (Å²) < 4.78 is 12.9. The van der Waals surface area contributed by atoms with Gasteiger partial charge in [0.15, 0.2) is 5.96 Å². The zero-order valence-electron chi connectivity index (χ0n) is 13.1. The molecule has 118 valence electrons. The molecule has 0 radical (unpaired) electrons. The van der Waals surface area contributed by atoms with Crippen molar-refractivity contribution in [2.45, 2.75) is 19.8 Å². The van der Waals surface area contributed by atoms with E-state index in [9.17, 15) is 4.39 Å². The van der Waals surface area contributed by atoms with Gasteiger partial charge in [-0.1, -0.05) is 12.1 Å². The maximum absolute atomic E-state index is 12.9. The lowest BCUT2D eigenvalue weighted by atomic mass is 9.99. The molecule has 5 heteroatoms. The van der Waals surface area contributed by atoms with Crippen LogP contribution < -0.4 is 0 Å². The van der Waals surface area contributed by atoms with Crippen LogP contribution in [0.2, 0.25) is 0 Å². The first-order chi connectivity index (χ1) is 9.60. The molecule has 1 aliphatic heterocycles. The van der Waals surface area contributed by atoms with E-state index < -0.39 is 0 Å². The van der Waals surface area contributed by atoms with Crippen molar-refractivity contribution in [1.29, 1.82) is 0 Å². The highest BCUT2D eigenvalue weighted by molar-refractivity contribution is 14.0. The Morgan fingerprint density at radius 2 is 2.00 bits per heavy atom. The molecule has 0 aromatic heterocycles. The first kappa shape index (κ1) is 18.2. The second-order valence-electron chi connectivity index (χ2n) is 5.60. The van der Waals surface area contributed by atoms with Crippen molar-refractivity contribution in [1.82, 2.24) is 9.80 Å². The van der Waals surface area contributed by atoms with Crippen LogP contribution >= 0.6 is 24.0 Å². The summed E-state index contributed by atoms with van der Waals surface area (Å²) in [6.45, 7) is 4.97. The van der Waals surface area contributed by atoms with Crippen LogP contribution in [-0.2, 0) is 6.42 Å². The van der Waals surface area contributed by atoms with Crippen molar-refractivity contribution in [2.24, 2.45) is 10.9 Å². The Kier molecular flexibility index (Phi) is 7.42. The lowest BCUT2D eigenvalue weighted by Gasteiger charge is -2.26. The standard InChI is InChI=1S/C16H24FN3.HI/c1-4-18-16(19(2)3)20-10-9-14(12-20)11-13-5-7-15(17)8-6-13;/h5-8,14H,4,9-12H2,1-3H3;1H. The summed E-state index contributed by atoms with van der Waals surface area (Å²) in [5.74, 6) is 1.54. The average molecular weight is 405 g/mol. The minimum atomic E-state index is -0.160. The number of rotatable bonds is 3. The van der Waals surface area contributed by atoms with E-state index in [-0.39, 0.29) is 29.8 Å². The fourth-order valence-electron chi connectivity index (χ4n) is 2.80. The number of nitrogens with zero attached hydrogens (tertiary/aromatic N) is 3. The van der Waals surface area contributed by atoms with E-state index in [2.05, 4.69) is 21.7 Å². The fraction of sp³-hybridized carbons (Fsp3) is 0.562. The highest BCUT2D eigenvalue weighted by Gasteiger charge is 2.25. The van der Waals surface area contributed by atoms with Gasteiger partial charge in [0.25, 0.3) is 0 Å². The zero-order chi connectivity index (χ0) is 14.5. The topological polar surface area (TPSA) is 18.8 Å². The van der Waals surface area contributed by atoms with Gasteiger partial charge in [0.2, 0.25) is 0 Å². The molecule has 1 saturated heterocycles. The van der Waals surface area contributed by atoms with Gasteiger partial charge in [-0.3, -0.25) is 4.99 Å². The first-order valence-corrected chi connectivity index (χ1v) is 7.31. The number of likely N-dealkylation sites (tertiary alicyclic amines) is 1. The monoisotopic (exact) mass is 405 g/mol. The molecule has 0 saturated carbocycles. The van der Waals surface area contributed by atoms with Crippen LogP contribution in [0.5, 0.6) is 0 Å². The largest absolute Gasteiger partial charge is 0.349 e. The molecule has 1 heterocycles. The minimum Gasteiger partial charge on any atom is -0.349 e. The molecule has 0 amide bonds. The van der Waals surface area contributed by atoms with Gasteiger partial charge in [0.1, 0.15) is 5.82 Å². The molecule has 0 bridgehead atoms. The summed E-state index contributed by atoms with van der Waals surface area (Å²) in [5, 5.41) is 0. The molecular formula is C16H25FIN3. The van der Waals surface area contributed by atoms with Crippen LogP contribution in [0.25, 0.3) is 0 Å². The first-order valence-electron chi connectivity index (χ1n) is 7.31. The Morgan fingerprint density at radius 1 is 1.33 bits per heavy atom. The normalized spacial score (nSPS) is 18.6. The van der Waals surface area contributed by atoms with Gasteiger partial charge in [0, 0.05) is 33.7 Å². The third kappa shape index (κ3) is 5.13. The van der Waals surface area contributed by atoms with Crippen molar-refractivity contribution in [2.75, 3.05) is 33.7 Å². The number of guanidine groups is 1. The van der Waals surface area contributed by atoms with E-state index in [0.29, 0.717) is 5.92 Å². The van der Waals surface area contributed by atoms with Gasteiger partial charge >= 0.3 is 0 Å². The van der Waals surface area contributed by atoms with Gasteiger partial charge in [-0.05, 0) is 43.4 Å². The third-order valence-corrected chi connectivity index (χ3v) is 3.71. The molecule has 0 spiro atoms. The molecule has 1 unspecified atom stereocenters. The molecular weight excluding hydrogens is 380 g/mol. The SMILES string of the molecule is CCN=C(N(C)C)N1CCC(Cc2ccc(F)cc2)C1.I. The predicted octanol–water partition coefficient (Wildman–Crippen LogP) is 3.25. The van der Waals surface area contributed by atoms with Crippen LogP contribution in [-0.4, -0.2) is 49.5 Å². The van der Waals surface area contributed by atoms with Crippen molar-refractivity contribution in [3.63, 3.8) is 0 Å². The summed E-state index contributed by atoms with van der Waals surface area (Å²) in [7, 11) is 4.09. The number of hydrogen-bond donors (Lipinski definition) is 0. The molecule has 1 fully saturated rings. The highest BCUT2D eigenvalue weighted by atomic mass is 127. The van der Waals surface area contributed by atoms with Crippen LogP contribution in [0.1, 0.15) is 18.9 Å². The average Bonchev–Trinajstić information content (AvgIpc) is 2.86. The predicted molar refractivity (Wildman–Crippen MR) is 96.9 cm³/mol. The van der Waals surface area contributed by atoms with Gasteiger partial charge in [-0.25, -0.2) is 4.39 Å². The van der Waals surface area contributed by atoms with Gasteiger partial charge in [-0.15, -0.1) is 24.0 Å². The maximum Gasteiger partial charge on any atom is 0.196 e. The van der Waals surface area contributed by atoms with Crippen LogP contribution in [0.4, 0.5) is 4.39 Å². The maximum atomic E-state index is 12.9. The number of benzene rings is 1. The fourth-order valence-corrected chi connectivity index (χ4v) is 2.80. The van der Waals surface area contributed by atoms with Crippen LogP contribution in [0, 0.1) is 11.7 Å². The van der Waals surface area contributed by atoms with E-state index >= 15 is 0 Å². The second-order valence-corrected chi connectivity index (χ2v) is 5.60. The molecule has 1 aromatic carbocycles. The smallest absolute Gasteiger partial charge is 0.196 e. The number of aliphatic imine (C=N–C) groups is 1. The minimum absolute atomic E-state index is 0. The molecule has 0 N–H and O–H groups in total. The molecule has 2 rings (SSSR count). The molecule has 0 aliphatic carbocycles. The van der Waals surface area contributed by atoms with Crippen molar-refractivity contribution >= 4 is 29.9 Å². The number of hydrogen-bond acceptors (Lipinski definition) is 1. The third-order valence-electron chi connectivity index (χ3n) is 3.71. The van der Waals surface area contributed by atoms with Crippen molar-refractivity contribution in [3.05, 3.63) is 35.6 Å². The molecule has 1 aliphatic rings. The Balaban J connectivity index is 0.00000220. The Bertz CT molecular complexity index is 459. The summed E-state index contributed by atoms with van der Waals surface area (Å²) in [6.07, 6.45) is 2.19. The van der Waals surface area contributed by atoms with Crippen molar-refractivity contribution in [3.8, 4) is 0 Å². The lowest BCUT2D eigenvalue weighted by Crippen LogP contribution is -2.39. The van der Waals surface area contributed by atoms with E-state index in [4.69, 9.17) is 0 Å². The second kappa shape index (κ2) is 8.56. The van der Waals surface area contributed by atoms with Crippen LogP contribution in [0.15, 0.2) is 29.3 Å². The molecule has 3 nitrogen and oxygen atoms in total. The van der Waals surface area contributed by atoms with Crippen LogP contribution in [0.3, 0.4) is 0 Å². The van der Waals surface area contributed by atoms with E-state index in [1.165, 1.54) is 12.0 Å². The summed E-state index contributed by atoms with van der Waals surface area (Å²) in [4.78, 5) is 9.02. The zero-order valence-corrected chi connectivity index (χ0v) is 15.4. The van der Waals surface area contributed by atoms with Gasteiger partial charge in [-0.2, -0.15) is 0 Å². The van der Waals surface area contributed by atoms with Gasteiger partial charge < -0.3 is 9.80 Å². The highest BCUT2D eigenvalue weighted by Crippen LogP contribution is 2.21. The molecule has 1 aromatic rings. The van der Waals surface area contributed by atoms with E-state index in [1.54, 1.807) is 12.1 Å². The van der Waals surface area contributed by atoms with E-state index in [1.807, 2.05) is 26.2 Å². The Labute approximate surface area is 144 Å². The molecule has 21 heavy (non-hydrogen) atoms. The summed E-state index contributed by atoms with van der Waals surface area (Å²) in [5.41, 5.74) is 1.22. The summed E-state index contributed by atoms with van der Waals surface area (Å²) >= 11 is 0. The lowest BCUT2D eigenvalue weighted by molar-refractivity contribution is 0.410.